The van der Waals surface area contributed by atoms with E-state index in [0.29, 0.717) is 11.2 Å². The fraction of sp³-hybridized carbons (Fsp3) is 0.542. The van der Waals surface area contributed by atoms with Crippen LogP contribution >= 0.6 is 52.6 Å². The number of rotatable bonds is 8. The predicted octanol–water partition coefficient (Wildman–Crippen LogP) is 2.45. The lowest BCUT2D eigenvalue weighted by Gasteiger charge is -2.41. The molecule has 21 heterocycles. The van der Waals surface area contributed by atoms with Crippen LogP contribution in [0.3, 0.4) is 0 Å². The van der Waals surface area contributed by atoms with Gasteiger partial charge >= 0.3 is 40.4 Å². The number of hydrogen-bond acceptors (Lipinski definition) is 47. The van der Waals surface area contributed by atoms with Crippen LogP contribution in [0.1, 0.15) is 79.9 Å². The molecule has 15 N–H and O–H groups in total. The van der Waals surface area contributed by atoms with Crippen LogP contribution in [0, 0.1) is 5.92 Å². The van der Waals surface area contributed by atoms with Crippen LogP contribution in [0.2, 0.25) is 18.1 Å². The van der Waals surface area contributed by atoms with E-state index < -0.39 is 222 Å². The Morgan fingerprint density at radius 1 is 0.397 bits per heavy atom. The van der Waals surface area contributed by atoms with Crippen molar-refractivity contribution in [2.45, 2.75) is 202 Å². The average molecular weight is 2220 g/mol. The first kappa shape index (κ1) is 106. The second-order valence-corrected chi connectivity index (χ2v) is 55.9. The van der Waals surface area contributed by atoms with Gasteiger partial charge in [-0.1, -0.05) is 54.8 Å². The molecule has 0 radical (unpaired) electrons. The van der Waals surface area contributed by atoms with Gasteiger partial charge in [-0.05, 0) is 77.2 Å². The van der Waals surface area contributed by atoms with E-state index in [4.69, 9.17) is 163 Å². The summed E-state index contributed by atoms with van der Waals surface area (Å²) in [5, 5.41) is 44.6. The summed E-state index contributed by atoms with van der Waals surface area (Å²) in [6.45, 7) is -15.3. The van der Waals surface area contributed by atoms with Gasteiger partial charge in [-0.3, -0.25) is 86.7 Å². The Morgan fingerprint density at radius 3 is 1.08 bits per heavy atom. The molecule has 9 saturated heterocycles. The molecule has 30 atom stereocenters. The highest BCUT2D eigenvalue weighted by atomic mass is 32.7. The topological polar surface area (TPSA) is 701 Å². The zero-order chi connectivity index (χ0) is 98.6. The van der Waals surface area contributed by atoms with Crippen LogP contribution in [0.25, 0.3) is 50.8 Å². The average Bonchev–Trinajstić information content (AvgIpc) is 1.59. The molecule has 12 aromatic rings. The number of hydrogen-bond donors (Lipinski definition) is 13. The number of aliphatic hydroxyl groups excluding tert-OH is 4. The number of anilines is 3. The largest absolute Gasteiger partial charge is 0.407 e. The molecule has 0 spiro atoms. The van der Waals surface area contributed by atoms with Crippen molar-refractivity contribution in [3.05, 3.63) is 143 Å². The highest BCUT2D eigenvalue weighted by molar-refractivity contribution is 8.44. The molecular weight excluding hydrogens is 2120 g/mol. The van der Waals surface area contributed by atoms with E-state index in [1.54, 1.807) is 16.1 Å². The maximum Gasteiger partial charge on any atom is 0.386 e. The first-order chi connectivity index (χ1) is 65.7. The Balaban J connectivity index is 0.000000145. The standard InChI is InChI=1S/C28H40N8O10P2S2Si.2C21H24N8O11P2S2.2CH4/c1-15-16-11-40-48(39,50)45-21-17(12-41-47(38,49)44-20(15)25(42-16)35-9-7-18(37)34-10-8-30-27(34)35)43-26(22(21)46-51(5,6)28(2,3)4)36-14-33-19-23(29)31-13-32-24(19)36;2*22-17-12-18(25-7-24-17)29(8-26-12)19-14(32)15-10(38-19)6-36-42(34,44)40-16-13(31)9(5-35-41(33,43)39-15)37-20(16)28-3-1-11(30)27-4-2-23-21(27)28;;/h7-10,13-17,20-22,25-26H,11-12H2,1-6H3,(H,38,49)(H,39,50)(H2,29,31,32);2*1-4,7-10,13-16,19-20,31-32H,5-6H2,(H,33,43)(H,34,44)(H2,22,24,25);2*1H4/t15-,16-,17-,20-,21-,22-,25-,26-,47?,48?;2*9-,10-,13-,14-,15-,16-,19-,20-,41?,42?;;/m111../s1. The van der Waals surface area contributed by atoms with Crippen molar-refractivity contribution in [3.8, 4) is 0 Å². The molecule has 0 aromatic carbocycles. The highest BCUT2D eigenvalue weighted by Gasteiger charge is 2.59. The van der Waals surface area contributed by atoms with Gasteiger partial charge < -0.3 is 118 Å². The molecule has 766 valence electrons. The second-order valence-electron chi connectivity index (χ2n) is 34.3. The van der Waals surface area contributed by atoms with Gasteiger partial charge in [0.05, 0.1) is 64.7 Å². The van der Waals surface area contributed by atoms with Crippen LogP contribution in [0.5, 0.6) is 0 Å². The van der Waals surface area contributed by atoms with Crippen LogP contribution < -0.4 is 33.9 Å². The molecule has 21 rings (SSSR count). The molecule has 12 aromatic heterocycles. The Hall–Kier alpha value is -6.76. The minimum atomic E-state index is -4.18. The number of aromatic nitrogens is 21. The molecule has 9 aliphatic rings. The minimum Gasteiger partial charge on any atom is -0.407 e. The number of thiol groups is 1. The Morgan fingerprint density at radius 2 is 0.702 bits per heavy atom. The fourth-order valence-electron chi connectivity index (χ4n) is 16.8. The molecule has 6 bridgehead atoms. The molecular formula is C72H96N24O32P6S6Si. The lowest BCUT2D eigenvalue weighted by molar-refractivity contribution is -0.0609. The van der Waals surface area contributed by atoms with Gasteiger partial charge in [0.2, 0.25) is 17.3 Å². The van der Waals surface area contributed by atoms with Gasteiger partial charge in [0.15, 0.2) is 80.1 Å². The van der Waals surface area contributed by atoms with E-state index in [2.05, 4.69) is 106 Å². The van der Waals surface area contributed by atoms with Crippen molar-refractivity contribution >= 4 is 188 Å². The first-order valence-electron chi connectivity index (χ1n) is 41.9. The SMILES string of the molecule is C.C.C[C@H]1[C@H]2OP(=O)(S)OC[C@H]3O[C@@H](n4cnc5c(N)ncnc54)[C@H](O[Si](C)(C)C(C)(C)C)[C@@H]3OP(O)(=S)OC[C@H]1O[C@H]2n1ccc(=O)n2ccnc12.Nc1ncnc2c1ncn2[C@@H]1O[C@@H]2COP(O)(=S)O[C@@H]3[C@H](O)[C@@H](COP(O)(=S)O[C@H]2[C@H]1O)O[C@H]3n1ccc(=O)n2ccnc12.Nc1ncnc2c1ncn2[C@@H]1O[C@@H]2COP(O)(=S)O[C@@H]3[C@H](O)[C@@H](COP(O)(=S)O[C@H]2[C@H]1O)O[C@H]3n1ccc(=O)n2ccnc12. The summed E-state index contributed by atoms with van der Waals surface area (Å²) in [5.74, 6) is 0.449. The van der Waals surface area contributed by atoms with Crippen LogP contribution in [-0.4, -0.2) is 297 Å². The fourth-order valence-corrected chi connectivity index (χ4v) is 26.8. The summed E-state index contributed by atoms with van der Waals surface area (Å²) in [6, 6.07) is 3.85. The molecule has 141 heavy (non-hydrogen) atoms. The number of nitrogen functional groups attached to an aromatic ring is 3. The predicted molar refractivity (Wildman–Crippen MR) is 514 cm³/mol. The van der Waals surface area contributed by atoms with Crippen molar-refractivity contribution in [2.75, 3.05) is 56.8 Å². The summed E-state index contributed by atoms with van der Waals surface area (Å²) >= 11 is 30.9. The normalized spacial score (nSPS) is 36.7. The van der Waals surface area contributed by atoms with Gasteiger partial charge in [-0.25, -0.2) is 64.4 Å². The number of aliphatic hydroxyl groups is 4. The lowest BCUT2D eigenvalue weighted by atomic mass is 10.0. The summed E-state index contributed by atoms with van der Waals surface area (Å²) in [6.07, 6.45) is -6.64. The van der Waals surface area contributed by atoms with Crippen LogP contribution in [0.15, 0.2) is 126 Å². The molecule has 6 unspecified atom stereocenters. The number of nitrogens with two attached hydrogens (primary N) is 3. The minimum absolute atomic E-state index is 0. The van der Waals surface area contributed by atoms with E-state index in [1.807, 2.05) is 0 Å². The Bertz CT molecular complexity index is 6940. The first-order valence-corrected chi connectivity index (χ1v) is 60.5. The van der Waals surface area contributed by atoms with E-state index in [-0.39, 0.29) is 107 Å². The Kier molecular flexibility index (Phi) is 30.2. The zero-order valence-electron chi connectivity index (χ0n) is 72.7. The molecule has 56 nitrogen and oxygen atoms in total. The second kappa shape index (κ2) is 40.4. The summed E-state index contributed by atoms with van der Waals surface area (Å²) < 4.78 is 140. The van der Waals surface area contributed by atoms with Gasteiger partial charge in [0, 0.05) is 79.9 Å². The van der Waals surface area contributed by atoms with E-state index in [9.17, 15) is 63.8 Å². The van der Waals surface area contributed by atoms with Crippen LogP contribution in [0.4, 0.5) is 17.5 Å². The zero-order valence-corrected chi connectivity index (χ0v) is 84.0. The van der Waals surface area contributed by atoms with Gasteiger partial charge in [-0.15, -0.1) is 0 Å². The monoisotopic (exact) mass is 2210 g/mol. The number of fused-ring (bicyclic) bond motifs is 15. The summed E-state index contributed by atoms with van der Waals surface area (Å²) in [4.78, 5) is 143. The number of nitrogens with zero attached hydrogens (tertiary/aromatic N) is 21. The number of imidazole rings is 6. The molecule has 69 heteroatoms. The van der Waals surface area contributed by atoms with Gasteiger partial charge in [-0.2, -0.15) is 0 Å². The van der Waals surface area contributed by atoms with Crippen molar-refractivity contribution in [3.63, 3.8) is 0 Å². The molecule has 0 saturated carbocycles. The van der Waals surface area contributed by atoms with E-state index in [1.165, 1.54) is 143 Å². The van der Waals surface area contributed by atoms with E-state index >= 15 is 0 Å². The molecule has 9 aliphatic heterocycles. The third-order valence-corrected chi connectivity index (χ3v) is 38.5. The van der Waals surface area contributed by atoms with Crippen molar-refractivity contribution in [2.24, 2.45) is 5.92 Å². The smallest absolute Gasteiger partial charge is 0.386 e. The molecule has 0 amide bonds. The molecule has 0 aliphatic carbocycles. The maximum absolute atomic E-state index is 14.0. The highest BCUT2D eigenvalue weighted by Crippen LogP contribution is 2.62. The third-order valence-electron chi connectivity index (χ3n) is 24.6. The van der Waals surface area contributed by atoms with Crippen molar-refractivity contribution in [1.29, 1.82) is 0 Å². The van der Waals surface area contributed by atoms with Crippen molar-refractivity contribution in [1.82, 2.24) is 100 Å². The summed E-state index contributed by atoms with van der Waals surface area (Å²) in [5.41, 5.74) is 18.6. The van der Waals surface area contributed by atoms with Gasteiger partial charge in [0.1, 0.15) is 133 Å². The lowest BCUT2D eigenvalue weighted by Crippen LogP contribution is -2.49. The Labute approximate surface area is 827 Å². The maximum atomic E-state index is 14.0. The molecule has 9 fully saturated rings. The van der Waals surface area contributed by atoms with E-state index in [0.717, 1.165) is 0 Å². The number of ether oxygens (including phenoxy) is 6. The van der Waals surface area contributed by atoms with Crippen molar-refractivity contribution < 1.29 is 137 Å². The van der Waals surface area contributed by atoms with Gasteiger partial charge in [0.25, 0.3) is 16.7 Å². The third kappa shape index (κ3) is 20.9. The van der Waals surface area contributed by atoms with Crippen LogP contribution in [-0.2, 0) is 151 Å². The summed E-state index contributed by atoms with van der Waals surface area (Å²) in [7, 11) is -2.59. The quantitative estimate of drug-likeness (QED) is 0.0590.